The van der Waals surface area contributed by atoms with Gasteiger partial charge >= 0.3 is 0 Å². The number of H-pyrrole nitrogens is 1. The van der Waals surface area contributed by atoms with Crippen molar-refractivity contribution in [3.63, 3.8) is 0 Å². The molecule has 0 spiro atoms. The van der Waals surface area contributed by atoms with Crippen molar-refractivity contribution in [2.24, 2.45) is 0 Å². The highest BCUT2D eigenvalue weighted by Gasteiger charge is 2.12. The fourth-order valence-corrected chi connectivity index (χ4v) is 2.23. The summed E-state index contributed by atoms with van der Waals surface area (Å²) in [7, 11) is 0. The standard InChI is InChI=1S/C13H17ClN4O/c1-3-7-18(8-4-2)13-16-10-9(12(19)17-13)5-6-15-11(10)14/h5-6H,3-4,7-8H2,1-2H3,(H,16,17,19). The molecular weight excluding hydrogens is 264 g/mol. The maximum Gasteiger partial charge on any atom is 0.260 e. The molecule has 0 radical (unpaired) electrons. The minimum Gasteiger partial charge on any atom is -0.342 e. The number of fused-ring (bicyclic) bond motifs is 1. The Bertz CT molecular complexity index is 620. The molecule has 5 nitrogen and oxygen atoms in total. The monoisotopic (exact) mass is 280 g/mol. The van der Waals surface area contributed by atoms with Crippen LogP contribution in [0.5, 0.6) is 0 Å². The Morgan fingerprint density at radius 2 is 2.00 bits per heavy atom. The Labute approximate surface area is 116 Å². The molecule has 0 aliphatic heterocycles. The summed E-state index contributed by atoms with van der Waals surface area (Å²) in [5.74, 6) is 0.566. The third kappa shape index (κ3) is 2.87. The van der Waals surface area contributed by atoms with Crippen LogP contribution in [0, 0.1) is 0 Å². The van der Waals surface area contributed by atoms with E-state index in [-0.39, 0.29) is 10.7 Å². The molecule has 102 valence electrons. The lowest BCUT2D eigenvalue weighted by Gasteiger charge is -2.21. The second kappa shape index (κ2) is 6.02. The maximum absolute atomic E-state index is 12.1. The van der Waals surface area contributed by atoms with Gasteiger partial charge in [0.1, 0.15) is 5.52 Å². The third-order valence-corrected chi connectivity index (χ3v) is 3.13. The molecule has 0 aliphatic carbocycles. The van der Waals surface area contributed by atoms with Gasteiger partial charge in [-0.15, -0.1) is 0 Å². The molecule has 6 heteroatoms. The number of pyridine rings is 1. The summed E-state index contributed by atoms with van der Waals surface area (Å²) in [4.78, 5) is 25.4. The van der Waals surface area contributed by atoms with Crippen molar-refractivity contribution in [1.82, 2.24) is 15.0 Å². The van der Waals surface area contributed by atoms with Crippen LogP contribution in [-0.2, 0) is 0 Å². The molecule has 0 aliphatic rings. The topological polar surface area (TPSA) is 61.9 Å². The van der Waals surface area contributed by atoms with Gasteiger partial charge < -0.3 is 4.90 Å². The Kier molecular flexibility index (Phi) is 4.37. The van der Waals surface area contributed by atoms with E-state index in [1.807, 2.05) is 0 Å². The zero-order valence-electron chi connectivity index (χ0n) is 11.1. The van der Waals surface area contributed by atoms with Gasteiger partial charge in [-0.1, -0.05) is 25.4 Å². The van der Waals surface area contributed by atoms with Gasteiger partial charge in [0.2, 0.25) is 5.95 Å². The first-order valence-corrected chi connectivity index (χ1v) is 6.84. The molecule has 0 aromatic carbocycles. The van der Waals surface area contributed by atoms with Crippen LogP contribution in [-0.4, -0.2) is 28.0 Å². The summed E-state index contributed by atoms with van der Waals surface area (Å²) >= 11 is 6.01. The van der Waals surface area contributed by atoms with Crippen molar-refractivity contribution < 1.29 is 0 Å². The second-order valence-electron chi connectivity index (χ2n) is 4.37. The lowest BCUT2D eigenvalue weighted by molar-refractivity contribution is 0.722. The molecule has 19 heavy (non-hydrogen) atoms. The van der Waals surface area contributed by atoms with Crippen molar-refractivity contribution in [3.8, 4) is 0 Å². The molecule has 0 unspecified atom stereocenters. The summed E-state index contributed by atoms with van der Waals surface area (Å²) in [6.45, 7) is 5.88. The van der Waals surface area contributed by atoms with Gasteiger partial charge in [0.15, 0.2) is 5.15 Å². The molecule has 0 atom stereocenters. The van der Waals surface area contributed by atoms with Gasteiger partial charge in [-0.25, -0.2) is 9.97 Å². The number of nitrogens with zero attached hydrogens (tertiary/aromatic N) is 3. The molecule has 0 amide bonds. The van der Waals surface area contributed by atoms with Gasteiger partial charge in [-0.05, 0) is 18.9 Å². The molecule has 0 saturated carbocycles. The maximum atomic E-state index is 12.1. The average molecular weight is 281 g/mol. The van der Waals surface area contributed by atoms with Gasteiger partial charge in [-0.3, -0.25) is 9.78 Å². The Morgan fingerprint density at radius 1 is 1.32 bits per heavy atom. The Morgan fingerprint density at radius 3 is 2.63 bits per heavy atom. The quantitative estimate of drug-likeness (QED) is 0.855. The molecule has 0 bridgehead atoms. The van der Waals surface area contributed by atoms with Crippen LogP contribution in [0.15, 0.2) is 17.1 Å². The van der Waals surface area contributed by atoms with E-state index in [2.05, 4.69) is 33.7 Å². The lowest BCUT2D eigenvalue weighted by Crippen LogP contribution is -2.29. The first-order valence-electron chi connectivity index (χ1n) is 6.46. The molecule has 2 rings (SSSR count). The van der Waals surface area contributed by atoms with E-state index in [1.165, 1.54) is 6.20 Å². The summed E-state index contributed by atoms with van der Waals surface area (Å²) in [6.07, 6.45) is 3.49. The smallest absolute Gasteiger partial charge is 0.260 e. The molecule has 2 heterocycles. The summed E-state index contributed by atoms with van der Waals surface area (Å²) in [5, 5.41) is 0.731. The van der Waals surface area contributed by atoms with E-state index in [9.17, 15) is 4.79 Å². The second-order valence-corrected chi connectivity index (χ2v) is 4.73. The fraction of sp³-hybridized carbons (Fsp3) is 0.462. The molecular formula is C13H17ClN4O. The number of hydrogen-bond donors (Lipinski definition) is 1. The van der Waals surface area contributed by atoms with Crippen LogP contribution >= 0.6 is 11.6 Å². The van der Waals surface area contributed by atoms with Crippen LogP contribution in [0.3, 0.4) is 0 Å². The lowest BCUT2D eigenvalue weighted by atomic mass is 10.3. The minimum atomic E-state index is -0.179. The van der Waals surface area contributed by atoms with Gasteiger partial charge in [0, 0.05) is 19.3 Å². The van der Waals surface area contributed by atoms with Crippen molar-refractivity contribution in [2.45, 2.75) is 26.7 Å². The van der Waals surface area contributed by atoms with Crippen LogP contribution in [0.1, 0.15) is 26.7 Å². The van der Waals surface area contributed by atoms with Crippen molar-refractivity contribution in [3.05, 3.63) is 27.8 Å². The Hall–Kier alpha value is -1.62. The van der Waals surface area contributed by atoms with Crippen molar-refractivity contribution >= 4 is 28.5 Å². The predicted octanol–water partition coefficient (Wildman–Crippen LogP) is 2.60. The van der Waals surface area contributed by atoms with Gasteiger partial charge in [0.05, 0.1) is 5.39 Å². The van der Waals surface area contributed by atoms with E-state index < -0.39 is 0 Å². The fourth-order valence-electron chi connectivity index (χ4n) is 2.03. The number of anilines is 1. The van der Waals surface area contributed by atoms with E-state index >= 15 is 0 Å². The number of rotatable bonds is 5. The highest BCUT2D eigenvalue weighted by molar-refractivity contribution is 6.33. The number of hydrogen-bond acceptors (Lipinski definition) is 4. The summed E-state index contributed by atoms with van der Waals surface area (Å²) < 4.78 is 0. The minimum absolute atomic E-state index is 0.179. The zero-order chi connectivity index (χ0) is 13.8. The van der Waals surface area contributed by atoms with Crippen molar-refractivity contribution in [2.75, 3.05) is 18.0 Å². The summed E-state index contributed by atoms with van der Waals surface area (Å²) in [5.41, 5.74) is 0.279. The van der Waals surface area contributed by atoms with E-state index in [0.717, 1.165) is 25.9 Å². The van der Waals surface area contributed by atoms with Gasteiger partial charge in [-0.2, -0.15) is 0 Å². The first-order chi connectivity index (χ1) is 9.17. The molecule has 2 aromatic rings. The number of aromatic amines is 1. The molecule has 0 fully saturated rings. The Balaban J connectivity index is 2.55. The number of aromatic nitrogens is 3. The van der Waals surface area contributed by atoms with Crippen LogP contribution in [0.25, 0.3) is 10.9 Å². The van der Waals surface area contributed by atoms with Crippen LogP contribution in [0.2, 0.25) is 5.15 Å². The van der Waals surface area contributed by atoms with Crippen LogP contribution in [0.4, 0.5) is 5.95 Å². The molecule has 0 saturated heterocycles. The summed E-state index contributed by atoms with van der Waals surface area (Å²) in [6, 6.07) is 1.63. The van der Waals surface area contributed by atoms with Crippen LogP contribution < -0.4 is 10.5 Å². The van der Waals surface area contributed by atoms with Gasteiger partial charge in [0.25, 0.3) is 5.56 Å². The first kappa shape index (κ1) is 13.8. The highest BCUT2D eigenvalue weighted by atomic mass is 35.5. The average Bonchev–Trinajstić information content (AvgIpc) is 2.39. The molecule has 1 N–H and O–H groups in total. The van der Waals surface area contributed by atoms with E-state index in [0.29, 0.717) is 16.9 Å². The largest absolute Gasteiger partial charge is 0.342 e. The highest BCUT2D eigenvalue weighted by Crippen LogP contribution is 2.18. The van der Waals surface area contributed by atoms with Crippen molar-refractivity contribution in [1.29, 1.82) is 0 Å². The molecule has 2 aromatic heterocycles. The van der Waals surface area contributed by atoms with E-state index in [1.54, 1.807) is 6.07 Å². The normalized spacial score (nSPS) is 10.9. The number of halogens is 1. The van der Waals surface area contributed by atoms with E-state index in [4.69, 9.17) is 11.6 Å². The SMILES string of the molecule is CCCN(CCC)c1nc2c(Cl)nccc2c(=O)[nH]1. The predicted molar refractivity (Wildman–Crippen MR) is 78.0 cm³/mol. The zero-order valence-corrected chi connectivity index (χ0v) is 11.9. The third-order valence-electron chi connectivity index (χ3n) is 2.85. The number of nitrogens with one attached hydrogen (secondary N) is 1.